The normalized spacial score (nSPS) is 10.5. The van der Waals surface area contributed by atoms with Gasteiger partial charge in [-0.15, -0.1) is 0 Å². The van der Waals surface area contributed by atoms with Crippen molar-refractivity contribution < 1.29 is 14.3 Å². The van der Waals surface area contributed by atoms with Gasteiger partial charge < -0.3 is 14.8 Å². The third-order valence-electron chi connectivity index (χ3n) is 3.42. The number of ether oxygens (including phenoxy) is 2. The van der Waals surface area contributed by atoms with Crippen molar-refractivity contribution in [2.45, 2.75) is 13.5 Å². The monoisotopic (exact) mass is 311 g/mol. The topological polar surface area (TPSA) is 64.9 Å². The van der Waals surface area contributed by atoms with Crippen molar-refractivity contribution in [3.05, 3.63) is 54.4 Å². The Bertz CT molecular complexity index is 814. The third kappa shape index (κ3) is 3.11. The largest absolute Gasteiger partial charge is 0.494 e. The molecule has 0 bridgehead atoms. The Morgan fingerprint density at radius 2 is 2.13 bits per heavy atom. The number of anilines is 1. The van der Waals surface area contributed by atoms with E-state index in [0.29, 0.717) is 36.8 Å². The van der Waals surface area contributed by atoms with Crippen molar-refractivity contribution in [1.82, 2.24) is 9.38 Å². The Morgan fingerprint density at radius 3 is 2.96 bits per heavy atom. The van der Waals surface area contributed by atoms with Crippen LogP contribution >= 0.6 is 0 Å². The molecule has 23 heavy (non-hydrogen) atoms. The number of nitrogens with zero attached hydrogens (tertiary/aromatic N) is 2. The second-order valence-corrected chi connectivity index (χ2v) is 4.82. The molecular weight excluding hydrogens is 294 g/mol. The number of nitrogens with one attached hydrogen (secondary N) is 1. The maximum Gasteiger partial charge on any atom is 0.299 e. The average molecular weight is 311 g/mol. The van der Waals surface area contributed by atoms with E-state index < -0.39 is 0 Å². The molecule has 3 rings (SSSR count). The SMILES string of the molecule is CCOc1ccccc1CNc1ccc2nccn2c1OC=O. The first-order valence-electron chi connectivity index (χ1n) is 7.34. The van der Waals surface area contributed by atoms with Crippen LogP contribution < -0.4 is 14.8 Å². The minimum atomic E-state index is 0.406. The maximum absolute atomic E-state index is 10.8. The summed E-state index contributed by atoms with van der Waals surface area (Å²) in [4.78, 5) is 15.0. The summed E-state index contributed by atoms with van der Waals surface area (Å²) in [5.74, 6) is 1.24. The number of pyridine rings is 1. The van der Waals surface area contributed by atoms with Gasteiger partial charge >= 0.3 is 0 Å². The molecule has 6 heteroatoms. The molecule has 0 saturated heterocycles. The van der Waals surface area contributed by atoms with Gasteiger partial charge in [-0.05, 0) is 25.1 Å². The minimum Gasteiger partial charge on any atom is -0.494 e. The van der Waals surface area contributed by atoms with Crippen LogP contribution in [-0.2, 0) is 11.3 Å². The molecule has 0 fully saturated rings. The smallest absolute Gasteiger partial charge is 0.299 e. The van der Waals surface area contributed by atoms with Crippen LogP contribution in [0.5, 0.6) is 11.6 Å². The van der Waals surface area contributed by atoms with Crippen LogP contribution in [0.15, 0.2) is 48.8 Å². The van der Waals surface area contributed by atoms with Crippen LogP contribution in [0.3, 0.4) is 0 Å². The molecular formula is C17H17N3O3. The van der Waals surface area contributed by atoms with Crippen LogP contribution in [0.25, 0.3) is 5.65 Å². The number of hydrogen-bond donors (Lipinski definition) is 1. The molecule has 1 aromatic carbocycles. The molecule has 3 aromatic rings. The molecule has 0 amide bonds. The summed E-state index contributed by atoms with van der Waals surface area (Å²) >= 11 is 0. The molecule has 118 valence electrons. The predicted octanol–water partition coefficient (Wildman–Crippen LogP) is 2.88. The van der Waals surface area contributed by atoms with Crippen molar-refractivity contribution >= 4 is 17.8 Å². The van der Waals surface area contributed by atoms with E-state index in [4.69, 9.17) is 9.47 Å². The zero-order valence-electron chi connectivity index (χ0n) is 12.7. The van der Waals surface area contributed by atoms with E-state index >= 15 is 0 Å². The minimum absolute atomic E-state index is 0.406. The molecule has 0 aliphatic carbocycles. The van der Waals surface area contributed by atoms with Crippen molar-refractivity contribution in [2.75, 3.05) is 11.9 Å². The lowest BCUT2D eigenvalue weighted by Gasteiger charge is -2.14. The standard InChI is InChI=1S/C17H17N3O3/c1-2-22-15-6-4-3-5-13(15)11-19-14-7-8-16-18-9-10-20(16)17(14)23-12-21/h3-10,12,19H,2,11H2,1H3. The highest BCUT2D eigenvalue weighted by atomic mass is 16.5. The molecule has 6 nitrogen and oxygen atoms in total. The van der Waals surface area contributed by atoms with Crippen LogP contribution in [0.2, 0.25) is 0 Å². The molecule has 0 unspecified atom stereocenters. The highest BCUT2D eigenvalue weighted by molar-refractivity contribution is 5.63. The van der Waals surface area contributed by atoms with E-state index in [1.165, 1.54) is 0 Å². The number of carbonyl (C=O) groups is 1. The fraction of sp³-hybridized carbons (Fsp3) is 0.176. The highest BCUT2D eigenvalue weighted by Gasteiger charge is 2.10. The zero-order chi connectivity index (χ0) is 16.1. The molecule has 0 radical (unpaired) electrons. The summed E-state index contributed by atoms with van der Waals surface area (Å²) in [6, 6.07) is 11.5. The summed E-state index contributed by atoms with van der Waals surface area (Å²) < 4.78 is 12.5. The van der Waals surface area contributed by atoms with Gasteiger partial charge in [0.2, 0.25) is 5.88 Å². The summed E-state index contributed by atoms with van der Waals surface area (Å²) in [6.07, 6.45) is 3.40. The first-order valence-corrected chi connectivity index (χ1v) is 7.34. The average Bonchev–Trinajstić information content (AvgIpc) is 3.05. The molecule has 0 aliphatic rings. The highest BCUT2D eigenvalue weighted by Crippen LogP contribution is 2.27. The fourth-order valence-corrected chi connectivity index (χ4v) is 2.41. The second kappa shape index (κ2) is 6.83. The van der Waals surface area contributed by atoms with Crippen LogP contribution in [0.4, 0.5) is 5.69 Å². The number of hydrogen-bond acceptors (Lipinski definition) is 5. The predicted molar refractivity (Wildman–Crippen MR) is 86.8 cm³/mol. The maximum atomic E-state index is 10.8. The van der Waals surface area contributed by atoms with Crippen LogP contribution in [-0.4, -0.2) is 22.5 Å². The number of carbonyl (C=O) groups excluding carboxylic acids is 1. The summed E-state index contributed by atoms with van der Waals surface area (Å²) in [6.45, 7) is 3.52. The molecule has 0 atom stereocenters. The number of aromatic nitrogens is 2. The number of rotatable bonds is 7. The quantitative estimate of drug-likeness (QED) is 0.680. The summed E-state index contributed by atoms with van der Waals surface area (Å²) in [5, 5.41) is 3.28. The fourth-order valence-electron chi connectivity index (χ4n) is 2.41. The van der Waals surface area contributed by atoms with Crippen molar-refractivity contribution in [3.8, 4) is 11.6 Å². The number of para-hydroxylation sites is 1. The van der Waals surface area contributed by atoms with Crippen molar-refractivity contribution in [1.29, 1.82) is 0 Å². The Hall–Kier alpha value is -3.02. The van der Waals surface area contributed by atoms with Crippen molar-refractivity contribution in [3.63, 3.8) is 0 Å². The van der Waals surface area contributed by atoms with Gasteiger partial charge in [-0.25, -0.2) is 4.98 Å². The lowest BCUT2D eigenvalue weighted by Crippen LogP contribution is -2.07. The van der Waals surface area contributed by atoms with Gasteiger partial charge in [-0.2, -0.15) is 0 Å². The Kier molecular flexibility index (Phi) is 4.42. The number of imidazole rings is 1. The van der Waals surface area contributed by atoms with Gasteiger partial charge in [0, 0.05) is 24.5 Å². The van der Waals surface area contributed by atoms with E-state index in [0.717, 1.165) is 11.3 Å². The first-order chi connectivity index (χ1) is 11.3. The van der Waals surface area contributed by atoms with E-state index in [-0.39, 0.29) is 0 Å². The molecule has 0 spiro atoms. The first kappa shape index (κ1) is 14.9. The number of fused-ring (bicyclic) bond motifs is 1. The molecule has 2 aromatic heterocycles. The van der Waals surface area contributed by atoms with Gasteiger partial charge in [0.15, 0.2) is 0 Å². The number of benzene rings is 1. The van der Waals surface area contributed by atoms with Gasteiger partial charge in [-0.1, -0.05) is 18.2 Å². The van der Waals surface area contributed by atoms with Gasteiger partial charge in [0.25, 0.3) is 6.47 Å². The molecule has 2 heterocycles. The van der Waals surface area contributed by atoms with E-state index in [1.807, 2.05) is 43.3 Å². The Labute approximate surface area is 133 Å². The van der Waals surface area contributed by atoms with Crippen molar-refractivity contribution in [2.24, 2.45) is 0 Å². The van der Waals surface area contributed by atoms with Gasteiger partial charge in [-0.3, -0.25) is 9.20 Å². The molecule has 1 N–H and O–H groups in total. The Morgan fingerprint density at radius 1 is 1.26 bits per heavy atom. The third-order valence-corrected chi connectivity index (χ3v) is 3.42. The van der Waals surface area contributed by atoms with E-state index in [1.54, 1.807) is 16.8 Å². The lowest BCUT2D eigenvalue weighted by molar-refractivity contribution is -0.120. The second-order valence-electron chi connectivity index (χ2n) is 4.82. The Balaban J connectivity index is 1.87. The lowest BCUT2D eigenvalue weighted by atomic mass is 10.2. The van der Waals surface area contributed by atoms with Crippen LogP contribution in [0.1, 0.15) is 12.5 Å². The van der Waals surface area contributed by atoms with Gasteiger partial charge in [0.1, 0.15) is 11.4 Å². The zero-order valence-corrected chi connectivity index (χ0v) is 12.7. The summed E-state index contributed by atoms with van der Waals surface area (Å²) in [7, 11) is 0. The summed E-state index contributed by atoms with van der Waals surface area (Å²) in [5.41, 5.74) is 2.44. The van der Waals surface area contributed by atoms with Gasteiger partial charge in [0.05, 0.1) is 12.3 Å². The van der Waals surface area contributed by atoms with E-state index in [2.05, 4.69) is 10.3 Å². The van der Waals surface area contributed by atoms with E-state index in [9.17, 15) is 4.79 Å². The molecule has 0 saturated carbocycles. The molecule has 0 aliphatic heterocycles. The van der Waals surface area contributed by atoms with Crippen LogP contribution in [0, 0.1) is 0 Å².